The van der Waals surface area contributed by atoms with Crippen LogP contribution in [0.25, 0.3) is 21.9 Å². The van der Waals surface area contributed by atoms with Crippen molar-refractivity contribution in [1.82, 2.24) is 4.98 Å². The molecule has 0 saturated carbocycles. The number of aryl methyl sites for hydroxylation is 1. The number of carboxylic acid groups (broad SMARTS) is 1. The number of phenols is 1. The van der Waals surface area contributed by atoms with Gasteiger partial charge in [0.1, 0.15) is 10.7 Å². The van der Waals surface area contributed by atoms with Crippen LogP contribution in [-0.2, 0) is 0 Å². The van der Waals surface area contributed by atoms with Gasteiger partial charge in [-0.15, -0.1) is 0 Å². The molecule has 0 aliphatic rings. The van der Waals surface area contributed by atoms with Crippen LogP contribution in [0.2, 0.25) is 5.15 Å². The van der Waals surface area contributed by atoms with Gasteiger partial charge in [-0.05, 0) is 19.1 Å². The predicted molar refractivity (Wildman–Crippen MR) is 69.9 cm³/mol. The van der Waals surface area contributed by atoms with Gasteiger partial charge in [0.2, 0.25) is 0 Å². The van der Waals surface area contributed by atoms with E-state index >= 15 is 0 Å². The Balaban J connectivity index is 2.67. The van der Waals surface area contributed by atoms with Gasteiger partial charge in [0, 0.05) is 17.1 Å². The zero-order valence-electron chi connectivity index (χ0n) is 9.77. The molecule has 0 spiro atoms. The van der Waals surface area contributed by atoms with Crippen molar-refractivity contribution < 1.29 is 19.4 Å². The Morgan fingerprint density at radius 2 is 2.05 bits per heavy atom. The van der Waals surface area contributed by atoms with Crippen LogP contribution in [0.1, 0.15) is 15.9 Å². The predicted octanol–water partition coefficient (Wildman–Crippen LogP) is 3.35. The Labute approximate surface area is 112 Å². The number of aromatic carboxylic acids is 1. The van der Waals surface area contributed by atoms with E-state index in [1.165, 1.54) is 18.3 Å². The molecule has 0 aliphatic heterocycles. The molecule has 0 aliphatic carbocycles. The number of halogens is 1. The SMILES string of the molecule is Cc1cnc(Cl)c2c1oc1c(O)ccc(C(=O)O)c12. The number of hydrogen-bond acceptors (Lipinski definition) is 4. The summed E-state index contributed by atoms with van der Waals surface area (Å²) in [6.45, 7) is 1.77. The van der Waals surface area contributed by atoms with Gasteiger partial charge in [0.25, 0.3) is 0 Å². The van der Waals surface area contributed by atoms with Crippen LogP contribution in [0.5, 0.6) is 5.75 Å². The third-order valence-electron chi connectivity index (χ3n) is 2.98. The molecule has 5 nitrogen and oxygen atoms in total. The fourth-order valence-electron chi connectivity index (χ4n) is 2.12. The number of carboxylic acids is 1. The summed E-state index contributed by atoms with van der Waals surface area (Å²) in [5.74, 6) is -1.25. The molecule has 2 heterocycles. The number of rotatable bonds is 1. The lowest BCUT2D eigenvalue weighted by atomic mass is 10.1. The van der Waals surface area contributed by atoms with Gasteiger partial charge >= 0.3 is 5.97 Å². The fraction of sp³-hybridized carbons (Fsp3) is 0.0769. The van der Waals surface area contributed by atoms with Crippen molar-refractivity contribution in [2.24, 2.45) is 0 Å². The van der Waals surface area contributed by atoms with Crippen LogP contribution >= 0.6 is 11.6 Å². The summed E-state index contributed by atoms with van der Waals surface area (Å²) >= 11 is 6.03. The average molecular weight is 278 g/mol. The van der Waals surface area contributed by atoms with Gasteiger partial charge in [0.15, 0.2) is 11.3 Å². The van der Waals surface area contributed by atoms with Crippen LogP contribution in [-0.4, -0.2) is 21.2 Å². The van der Waals surface area contributed by atoms with Crippen LogP contribution < -0.4 is 0 Å². The molecule has 0 unspecified atom stereocenters. The molecular formula is C13H8ClNO4. The van der Waals surface area contributed by atoms with Crippen LogP contribution in [0.4, 0.5) is 0 Å². The van der Waals surface area contributed by atoms with E-state index in [0.29, 0.717) is 16.5 Å². The van der Waals surface area contributed by atoms with E-state index in [1.807, 2.05) is 0 Å². The topological polar surface area (TPSA) is 83.6 Å². The molecule has 0 atom stereocenters. The molecule has 3 aromatic rings. The lowest BCUT2D eigenvalue weighted by molar-refractivity contribution is 0.0699. The molecule has 0 fully saturated rings. The first-order valence-corrected chi connectivity index (χ1v) is 5.81. The van der Waals surface area contributed by atoms with E-state index in [2.05, 4.69) is 4.98 Å². The van der Waals surface area contributed by atoms with Crippen molar-refractivity contribution in [3.05, 3.63) is 34.6 Å². The first-order valence-electron chi connectivity index (χ1n) is 5.43. The highest BCUT2D eigenvalue weighted by Crippen LogP contribution is 2.40. The van der Waals surface area contributed by atoms with Crippen LogP contribution in [0, 0.1) is 6.92 Å². The van der Waals surface area contributed by atoms with Crippen molar-refractivity contribution in [2.75, 3.05) is 0 Å². The Hall–Kier alpha value is -2.27. The minimum absolute atomic E-state index is 0.0147. The number of pyridine rings is 1. The quantitative estimate of drug-likeness (QED) is 0.666. The van der Waals surface area contributed by atoms with E-state index in [4.69, 9.17) is 16.0 Å². The minimum Gasteiger partial charge on any atom is -0.504 e. The van der Waals surface area contributed by atoms with Crippen molar-refractivity contribution in [1.29, 1.82) is 0 Å². The first kappa shape index (κ1) is 11.8. The van der Waals surface area contributed by atoms with Crippen LogP contribution in [0.15, 0.2) is 22.7 Å². The molecule has 2 N–H and O–H groups in total. The average Bonchev–Trinajstić information content (AvgIpc) is 2.76. The molecule has 19 heavy (non-hydrogen) atoms. The molecule has 0 saturated heterocycles. The number of aromatic nitrogens is 1. The maximum absolute atomic E-state index is 11.3. The second kappa shape index (κ2) is 3.86. The number of furan rings is 1. The summed E-state index contributed by atoms with van der Waals surface area (Å²) < 4.78 is 5.55. The lowest BCUT2D eigenvalue weighted by Gasteiger charge is -1.99. The lowest BCUT2D eigenvalue weighted by Crippen LogP contribution is -1.96. The summed E-state index contributed by atoms with van der Waals surface area (Å²) in [7, 11) is 0. The molecule has 96 valence electrons. The second-order valence-electron chi connectivity index (χ2n) is 4.18. The Morgan fingerprint density at radius 1 is 1.32 bits per heavy atom. The number of nitrogens with zero attached hydrogens (tertiary/aromatic N) is 1. The molecule has 0 bridgehead atoms. The third kappa shape index (κ3) is 1.55. The number of fused-ring (bicyclic) bond motifs is 3. The van der Waals surface area contributed by atoms with Gasteiger partial charge in [0.05, 0.1) is 10.9 Å². The van der Waals surface area contributed by atoms with E-state index in [0.717, 1.165) is 0 Å². The largest absolute Gasteiger partial charge is 0.504 e. The highest BCUT2D eigenvalue weighted by molar-refractivity contribution is 6.37. The van der Waals surface area contributed by atoms with Crippen molar-refractivity contribution >= 4 is 39.5 Å². The fourth-order valence-corrected chi connectivity index (χ4v) is 2.35. The number of carbonyl (C=O) groups is 1. The highest BCUT2D eigenvalue weighted by Gasteiger charge is 2.21. The maximum atomic E-state index is 11.3. The summed E-state index contributed by atoms with van der Waals surface area (Å²) in [6, 6.07) is 2.60. The molecule has 0 radical (unpaired) electrons. The maximum Gasteiger partial charge on any atom is 0.336 e. The first-order chi connectivity index (χ1) is 9.00. The summed E-state index contributed by atoms with van der Waals surface area (Å²) in [5.41, 5.74) is 1.26. The summed E-state index contributed by atoms with van der Waals surface area (Å²) in [6.07, 6.45) is 1.53. The van der Waals surface area contributed by atoms with E-state index in [9.17, 15) is 15.0 Å². The Bertz CT molecular complexity index is 838. The number of benzene rings is 1. The molecular weight excluding hydrogens is 270 g/mol. The molecule has 2 aromatic heterocycles. The Morgan fingerprint density at radius 3 is 2.74 bits per heavy atom. The normalized spacial score (nSPS) is 11.3. The second-order valence-corrected chi connectivity index (χ2v) is 4.54. The number of hydrogen-bond donors (Lipinski definition) is 2. The van der Waals surface area contributed by atoms with Crippen molar-refractivity contribution in [3.8, 4) is 5.75 Å². The molecule has 0 amide bonds. The van der Waals surface area contributed by atoms with E-state index in [-0.39, 0.29) is 27.4 Å². The third-order valence-corrected chi connectivity index (χ3v) is 3.27. The minimum atomic E-state index is -1.12. The monoisotopic (exact) mass is 277 g/mol. The standard InChI is InChI=1S/C13H8ClNO4/c1-5-4-15-12(14)9-8-6(13(17)18)2-3-7(16)11(8)19-10(5)9/h2-4,16H,1H3,(H,17,18). The number of aromatic hydroxyl groups is 1. The zero-order valence-corrected chi connectivity index (χ0v) is 10.5. The highest BCUT2D eigenvalue weighted by atomic mass is 35.5. The van der Waals surface area contributed by atoms with Crippen molar-refractivity contribution in [3.63, 3.8) is 0 Å². The Kier molecular flexibility index (Phi) is 2.40. The molecule has 1 aromatic carbocycles. The summed E-state index contributed by atoms with van der Waals surface area (Å²) in [4.78, 5) is 15.3. The smallest absolute Gasteiger partial charge is 0.336 e. The van der Waals surface area contributed by atoms with E-state index in [1.54, 1.807) is 6.92 Å². The van der Waals surface area contributed by atoms with Gasteiger partial charge in [-0.2, -0.15) is 0 Å². The van der Waals surface area contributed by atoms with Crippen LogP contribution in [0.3, 0.4) is 0 Å². The van der Waals surface area contributed by atoms with Crippen molar-refractivity contribution in [2.45, 2.75) is 6.92 Å². The number of phenolic OH excluding ortho intramolecular Hbond substituents is 1. The zero-order chi connectivity index (χ0) is 13.7. The molecule has 6 heteroatoms. The molecule has 3 rings (SSSR count). The summed E-state index contributed by atoms with van der Waals surface area (Å²) in [5, 5.41) is 19.9. The van der Waals surface area contributed by atoms with Gasteiger partial charge in [-0.3, -0.25) is 0 Å². The van der Waals surface area contributed by atoms with E-state index < -0.39 is 5.97 Å². The van der Waals surface area contributed by atoms with Gasteiger partial charge < -0.3 is 14.6 Å². The van der Waals surface area contributed by atoms with Gasteiger partial charge in [-0.25, -0.2) is 9.78 Å². The van der Waals surface area contributed by atoms with Gasteiger partial charge in [-0.1, -0.05) is 11.6 Å².